The highest BCUT2D eigenvalue weighted by molar-refractivity contribution is 5.72. The Kier molecular flexibility index (Phi) is 4.57. The van der Waals surface area contributed by atoms with Crippen molar-refractivity contribution >= 4 is 17.2 Å². The maximum absolute atomic E-state index is 5.79. The predicted octanol–water partition coefficient (Wildman–Crippen LogP) is 4.65. The van der Waals surface area contributed by atoms with Gasteiger partial charge in [-0.3, -0.25) is 4.98 Å². The minimum atomic E-state index is 0.655. The number of nitrogens with two attached hydrogens (primary N) is 1. The standard InChI is InChI=1S/C24H20N6/c25-21-9-7-19(8-10-21)18-3-5-20(6-4-18)22-14-24(30-23(29-22)11-13-28-30)27-16-17-2-1-12-26-15-17/h1-15,27H,16,25H2. The number of nitrogens with zero attached hydrogens (tertiary/aromatic N) is 4. The minimum Gasteiger partial charge on any atom is -0.399 e. The Morgan fingerprint density at radius 1 is 0.833 bits per heavy atom. The van der Waals surface area contributed by atoms with Gasteiger partial charge < -0.3 is 11.1 Å². The molecule has 30 heavy (non-hydrogen) atoms. The number of pyridine rings is 1. The fourth-order valence-corrected chi connectivity index (χ4v) is 3.39. The maximum atomic E-state index is 5.79. The zero-order valence-corrected chi connectivity index (χ0v) is 16.2. The largest absolute Gasteiger partial charge is 0.399 e. The van der Waals surface area contributed by atoms with Crippen molar-refractivity contribution < 1.29 is 0 Å². The summed E-state index contributed by atoms with van der Waals surface area (Å²) in [6, 6.07) is 24.2. The van der Waals surface area contributed by atoms with Crippen LogP contribution in [-0.4, -0.2) is 19.6 Å². The van der Waals surface area contributed by atoms with Gasteiger partial charge in [0.05, 0.1) is 11.9 Å². The monoisotopic (exact) mass is 392 g/mol. The lowest BCUT2D eigenvalue weighted by molar-refractivity contribution is 0.925. The Hall–Kier alpha value is -4.19. The molecule has 0 amide bonds. The van der Waals surface area contributed by atoms with E-state index in [2.05, 4.69) is 39.7 Å². The van der Waals surface area contributed by atoms with Crippen molar-refractivity contribution in [1.82, 2.24) is 19.6 Å². The highest BCUT2D eigenvalue weighted by atomic mass is 15.3. The summed E-state index contributed by atoms with van der Waals surface area (Å²) in [6.07, 6.45) is 5.38. The van der Waals surface area contributed by atoms with Gasteiger partial charge in [-0.15, -0.1) is 0 Å². The van der Waals surface area contributed by atoms with Crippen LogP contribution in [0.2, 0.25) is 0 Å². The van der Waals surface area contributed by atoms with Crippen LogP contribution in [0.25, 0.3) is 28.0 Å². The fraction of sp³-hybridized carbons (Fsp3) is 0.0417. The topological polar surface area (TPSA) is 81.1 Å². The van der Waals surface area contributed by atoms with Gasteiger partial charge in [0.2, 0.25) is 0 Å². The van der Waals surface area contributed by atoms with E-state index in [4.69, 9.17) is 10.7 Å². The van der Waals surface area contributed by atoms with Crippen molar-refractivity contribution in [2.45, 2.75) is 6.54 Å². The van der Waals surface area contributed by atoms with Crippen molar-refractivity contribution in [2.75, 3.05) is 11.1 Å². The molecule has 0 aliphatic carbocycles. The number of nitrogen functional groups attached to an aromatic ring is 1. The lowest BCUT2D eigenvalue weighted by Crippen LogP contribution is -2.06. The molecule has 0 saturated heterocycles. The summed E-state index contributed by atoms with van der Waals surface area (Å²) in [4.78, 5) is 8.94. The maximum Gasteiger partial charge on any atom is 0.157 e. The first-order valence-electron chi connectivity index (χ1n) is 9.70. The molecule has 0 aliphatic rings. The molecule has 0 unspecified atom stereocenters. The number of hydrogen-bond acceptors (Lipinski definition) is 5. The first kappa shape index (κ1) is 17.9. The van der Waals surface area contributed by atoms with Gasteiger partial charge >= 0.3 is 0 Å². The second-order valence-electron chi connectivity index (χ2n) is 7.04. The molecule has 0 spiro atoms. The second kappa shape index (κ2) is 7.67. The number of hydrogen-bond donors (Lipinski definition) is 2. The van der Waals surface area contributed by atoms with Crippen LogP contribution in [-0.2, 0) is 6.54 Å². The molecule has 0 fully saturated rings. The highest BCUT2D eigenvalue weighted by Crippen LogP contribution is 2.26. The molecular weight excluding hydrogens is 372 g/mol. The molecule has 0 saturated carbocycles. The van der Waals surface area contributed by atoms with Crippen LogP contribution in [0.15, 0.2) is 91.4 Å². The molecule has 3 aromatic heterocycles. The van der Waals surface area contributed by atoms with Gasteiger partial charge in [0.1, 0.15) is 5.82 Å². The molecule has 3 heterocycles. The number of benzene rings is 2. The molecule has 146 valence electrons. The fourth-order valence-electron chi connectivity index (χ4n) is 3.39. The van der Waals surface area contributed by atoms with E-state index in [0.717, 1.165) is 45.1 Å². The second-order valence-corrected chi connectivity index (χ2v) is 7.04. The van der Waals surface area contributed by atoms with Crippen molar-refractivity contribution in [3.8, 4) is 22.4 Å². The van der Waals surface area contributed by atoms with E-state index in [9.17, 15) is 0 Å². The first-order valence-corrected chi connectivity index (χ1v) is 9.70. The Labute approximate surface area is 174 Å². The van der Waals surface area contributed by atoms with Gasteiger partial charge in [-0.1, -0.05) is 42.5 Å². The normalized spacial score (nSPS) is 10.9. The average Bonchev–Trinajstić information content (AvgIpc) is 3.28. The summed E-state index contributed by atoms with van der Waals surface area (Å²) in [5.74, 6) is 0.881. The molecule has 3 N–H and O–H groups in total. The smallest absolute Gasteiger partial charge is 0.157 e. The van der Waals surface area contributed by atoms with E-state index in [-0.39, 0.29) is 0 Å². The molecule has 0 radical (unpaired) electrons. The van der Waals surface area contributed by atoms with Gasteiger partial charge in [-0.2, -0.15) is 9.61 Å². The third-order valence-corrected chi connectivity index (χ3v) is 4.98. The zero-order valence-electron chi connectivity index (χ0n) is 16.2. The van der Waals surface area contributed by atoms with Crippen molar-refractivity contribution in [1.29, 1.82) is 0 Å². The van der Waals surface area contributed by atoms with Crippen LogP contribution in [0.4, 0.5) is 11.5 Å². The average molecular weight is 392 g/mol. The summed E-state index contributed by atoms with van der Waals surface area (Å²) in [5.41, 5.74) is 12.7. The number of fused-ring (bicyclic) bond motifs is 1. The molecule has 0 bridgehead atoms. The molecule has 6 heteroatoms. The molecular formula is C24H20N6. The van der Waals surface area contributed by atoms with Gasteiger partial charge in [0.15, 0.2) is 5.65 Å². The van der Waals surface area contributed by atoms with Crippen LogP contribution < -0.4 is 11.1 Å². The summed E-state index contributed by atoms with van der Waals surface area (Å²) in [7, 11) is 0. The van der Waals surface area contributed by atoms with Crippen LogP contribution in [0.5, 0.6) is 0 Å². The van der Waals surface area contributed by atoms with E-state index in [1.54, 1.807) is 12.4 Å². The van der Waals surface area contributed by atoms with E-state index >= 15 is 0 Å². The Morgan fingerprint density at radius 3 is 2.30 bits per heavy atom. The minimum absolute atomic E-state index is 0.655. The third kappa shape index (κ3) is 3.58. The number of anilines is 2. The molecule has 5 rings (SSSR count). The molecule has 5 aromatic rings. The Morgan fingerprint density at radius 2 is 1.57 bits per heavy atom. The lowest BCUT2D eigenvalue weighted by Gasteiger charge is -2.11. The number of aromatic nitrogens is 4. The molecule has 0 aliphatic heterocycles. The van der Waals surface area contributed by atoms with Crippen LogP contribution in [0.3, 0.4) is 0 Å². The van der Waals surface area contributed by atoms with E-state index < -0.39 is 0 Å². The van der Waals surface area contributed by atoms with Crippen molar-refractivity contribution in [3.63, 3.8) is 0 Å². The molecule has 6 nitrogen and oxygen atoms in total. The summed E-state index contributed by atoms with van der Waals surface area (Å²) in [5, 5.41) is 7.84. The zero-order chi connectivity index (χ0) is 20.3. The van der Waals surface area contributed by atoms with Crippen molar-refractivity contribution in [2.24, 2.45) is 0 Å². The first-order chi connectivity index (χ1) is 14.8. The third-order valence-electron chi connectivity index (χ3n) is 4.98. The number of nitrogens with one attached hydrogen (secondary N) is 1. The lowest BCUT2D eigenvalue weighted by atomic mass is 10.0. The van der Waals surface area contributed by atoms with Gasteiger partial charge in [0.25, 0.3) is 0 Å². The van der Waals surface area contributed by atoms with E-state index in [1.807, 2.05) is 59.2 Å². The van der Waals surface area contributed by atoms with Crippen LogP contribution in [0.1, 0.15) is 5.56 Å². The van der Waals surface area contributed by atoms with Crippen molar-refractivity contribution in [3.05, 3.63) is 97.0 Å². The Bertz CT molecular complexity index is 1280. The SMILES string of the molecule is Nc1ccc(-c2ccc(-c3cc(NCc4cccnc4)n4nccc4n3)cc2)cc1. The Balaban J connectivity index is 1.46. The predicted molar refractivity (Wildman–Crippen MR) is 120 cm³/mol. The van der Waals surface area contributed by atoms with Crippen LogP contribution in [0, 0.1) is 0 Å². The van der Waals surface area contributed by atoms with E-state index in [1.165, 1.54) is 0 Å². The summed E-state index contributed by atoms with van der Waals surface area (Å²) < 4.78 is 1.81. The van der Waals surface area contributed by atoms with Gasteiger partial charge in [-0.25, -0.2) is 4.98 Å². The number of rotatable bonds is 5. The molecule has 0 atom stereocenters. The highest BCUT2D eigenvalue weighted by Gasteiger charge is 2.09. The van der Waals surface area contributed by atoms with Gasteiger partial charge in [-0.05, 0) is 34.9 Å². The quantitative estimate of drug-likeness (QED) is 0.426. The summed E-state index contributed by atoms with van der Waals surface area (Å²) in [6.45, 7) is 0.655. The van der Waals surface area contributed by atoms with Crippen LogP contribution >= 0.6 is 0 Å². The summed E-state index contributed by atoms with van der Waals surface area (Å²) >= 11 is 0. The van der Waals surface area contributed by atoms with Gasteiger partial charge in [0, 0.05) is 42.3 Å². The molecule has 2 aromatic carbocycles. The van der Waals surface area contributed by atoms with E-state index in [0.29, 0.717) is 6.54 Å².